The molecular weight excluding hydrogens is 300 g/mol. The number of rotatable bonds is 5. The smallest absolute Gasteiger partial charge is 0.328 e. The normalized spacial score (nSPS) is 11.9. The number of nitrogens with zero attached hydrogens (tertiary/aromatic N) is 1. The Bertz CT molecular complexity index is 750. The topological polar surface area (TPSA) is 78.8 Å². The highest BCUT2D eigenvalue weighted by molar-refractivity contribution is 6.03. The number of benzene rings is 1. The number of amides is 1. The number of nitrogens with one attached hydrogen (secondary N) is 1. The molecule has 124 valence electrons. The van der Waals surface area contributed by atoms with Gasteiger partial charge in [-0.15, -0.1) is 0 Å². The summed E-state index contributed by atoms with van der Waals surface area (Å²) in [6, 6.07) is 4.52. The SMILES string of the molecule is COC(=O)[C@H](C)NC(=O)c1cc2c(OC)ccc(OC)c2n1C. The molecule has 7 nitrogen and oxygen atoms in total. The number of fused-ring (bicyclic) bond motifs is 1. The number of aromatic nitrogens is 1. The standard InChI is InChI=1S/C16H20N2O5/c1-9(16(20)23-5)17-15(19)11-8-10-12(21-3)6-7-13(22-4)14(10)18(11)2/h6-9H,1-5H3,(H,17,19)/t9-/m0/s1. The minimum absolute atomic E-state index is 0.384. The van der Waals surface area contributed by atoms with Gasteiger partial charge < -0.3 is 24.1 Å². The monoisotopic (exact) mass is 320 g/mol. The largest absolute Gasteiger partial charge is 0.496 e. The second-order valence-corrected chi connectivity index (χ2v) is 5.04. The van der Waals surface area contributed by atoms with Crippen molar-refractivity contribution in [1.29, 1.82) is 0 Å². The maximum atomic E-state index is 12.4. The molecule has 0 unspecified atom stereocenters. The van der Waals surface area contributed by atoms with E-state index in [4.69, 9.17) is 9.47 Å². The van der Waals surface area contributed by atoms with Crippen molar-refractivity contribution < 1.29 is 23.8 Å². The van der Waals surface area contributed by atoms with Gasteiger partial charge in [0.1, 0.15) is 23.2 Å². The summed E-state index contributed by atoms with van der Waals surface area (Å²) in [6.45, 7) is 1.56. The lowest BCUT2D eigenvalue weighted by molar-refractivity contribution is -0.142. The number of methoxy groups -OCH3 is 3. The first-order valence-corrected chi connectivity index (χ1v) is 7.03. The maximum Gasteiger partial charge on any atom is 0.328 e. The lowest BCUT2D eigenvalue weighted by Crippen LogP contribution is -2.39. The quantitative estimate of drug-likeness (QED) is 0.844. The van der Waals surface area contributed by atoms with Crippen LogP contribution in [0.5, 0.6) is 11.5 Å². The Hall–Kier alpha value is -2.70. The van der Waals surface area contributed by atoms with E-state index in [0.717, 1.165) is 10.9 Å². The average molecular weight is 320 g/mol. The fourth-order valence-corrected chi connectivity index (χ4v) is 2.48. The first-order valence-electron chi connectivity index (χ1n) is 7.03. The molecule has 1 N–H and O–H groups in total. The van der Waals surface area contributed by atoms with Gasteiger partial charge in [-0.05, 0) is 25.1 Å². The van der Waals surface area contributed by atoms with Crippen molar-refractivity contribution in [1.82, 2.24) is 9.88 Å². The maximum absolute atomic E-state index is 12.4. The first kappa shape index (κ1) is 16.7. The first-order chi connectivity index (χ1) is 10.9. The fourth-order valence-electron chi connectivity index (χ4n) is 2.48. The Morgan fingerprint density at radius 1 is 1.13 bits per heavy atom. The summed E-state index contributed by atoms with van der Waals surface area (Å²) in [6.07, 6.45) is 0. The predicted octanol–water partition coefficient (Wildman–Crippen LogP) is 1.49. The Labute approximate surface area is 134 Å². The molecule has 2 rings (SSSR count). The number of hydrogen-bond donors (Lipinski definition) is 1. The van der Waals surface area contributed by atoms with Crippen molar-refractivity contribution >= 4 is 22.8 Å². The van der Waals surface area contributed by atoms with Crippen molar-refractivity contribution in [2.75, 3.05) is 21.3 Å². The zero-order valence-electron chi connectivity index (χ0n) is 13.8. The molecule has 2 aromatic rings. The number of carbonyl (C=O) groups is 2. The summed E-state index contributed by atoms with van der Waals surface area (Å²) < 4.78 is 17.0. The Balaban J connectivity index is 2.48. The van der Waals surface area contributed by atoms with Crippen LogP contribution in [0.4, 0.5) is 0 Å². The fraction of sp³-hybridized carbons (Fsp3) is 0.375. The van der Waals surface area contributed by atoms with Gasteiger partial charge in [0.2, 0.25) is 0 Å². The highest BCUT2D eigenvalue weighted by Crippen LogP contribution is 2.35. The van der Waals surface area contributed by atoms with Crippen LogP contribution in [0.2, 0.25) is 0 Å². The molecule has 0 saturated heterocycles. The number of esters is 1. The van der Waals surface area contributed by atoms with E-state index in [2.05, 4.69) is 10.1 Å². The van der Waals surface area contributed by atoms with Gasteiger partial charge in [0.25, 0.3) is 5.91 Å². The van der Waals surface area contributed by atoms with Gasteiger partial charge in [0.05, 0.1) is 26.8 Å². The zero-order chi connectivity index (χ0) is 17.1. The summed E-state index contributed by atoms with van der Waals surface area (Å²) in [5.41, 5.74) is 1.13. The van der Waals surface area contributed by atoms with Crippen molar-refractivity contribution in [2.24, 2.45) is 7.05 Å². The van der Waals surface area contributed by atoms with Gasteiger partial charge in [-0.1, -0.05) is 0 Å². The molecule has 1 heterocycles. The lowest BCUT2D eigenvalue weighted by Gasteiger charge is -2.12. The predicted molar refractivity (Wildman–Crippen MR) is 85.0 cm³/mol. The van der Waals surface area contributed by atoms with Crippen LogP contribution in [0.15, 0.2) is 18.2 Å². The molecular formula is C16H20N2O5. The summed E-state index contributed by atoms with van der Waals surface area (Å²) in [5.74, 6) is 0.373. The molecule has 0 aliphatic carbocycles. The van der Waals surface area contributed by atoms with E-state index in [1.54, 1.807) is 51.0 Å². The second kappa shape index (κ2) is 6.60. The van der Waals surface area contributed by atoms with Crippen LogP contribution in [0.25, 0.3) is 10.9 Å². The molecule has 1 atom stereocenters. The minimum atomic E-state index is -0.741. The van der Waals surface area contributed by atoms with Crippen LogP contribution in [-0.2, 0) is 16.6 Å². The average Bonchev–Trinajstić information content (AvgIpc) is 2.91. The zero-order valence-corrected chi connectivity index (χ0v) is 13.8. The van der Waals surface area contributed by atoms with E-state index in [1.165, 1.54) is 7.11 Å². The van der Waals surface area contributed by atoms with Crippen LogP contribution in [0, 0.1) is 0 Å². The van der Waals surface area contributed by atoms with Crippen molar-refractivity contribution in [2.45, 2.75) is 13.0 Å². The summed E-state index contributed by atoms with van der Waals surface area (Å²) in [4.78, 5) is 23.9. The molecule has 1 aromatic carbocycles. The molecule has 0 aliphatic rings. The third-order valence-corrected chi connectivity index (χ3v) is 3.69. The van der Waals surface area contributed by atoms with E-state index in [0.29, 0.717) is 17.2 Å². The molecule has 0 aliphatic heterocycles. The third-order valence-electron chi connectivity index (χ3n) is 3.69. The van der Waals surface area contributed by atoms with Crippen molar-refractivity contribution in [3.05, 3.63) is 23.9 Å². The minimum Gasteiger partial charge on any atom is -0.496 e. The molecule has 0 bridgehead atoms. The summed E-state index contributed by atoms with van der Waals surface area (Å²) >= 11 is 0. The van der Waals surface area contributed by atoms with Gasteiger partial charge in [-0.2, -0.15) is 0 Å². The highest BCUT2D eigenvalue weighted by Gasteiger charge is 2.22. The summed E-state index contributed by atoms with van der Waals surface area (Å²) in [7, 11) is 6.15. The second-order valence-electron chi connectivity index (χ2n) is 5.04. The number of carbonyl (C=O) groups excluding carboxylic acids is 2. The van der Waals surface area contributed by atoms with Crippen molar-refractivity contribution in [3.8, 4) is 11.5 Å². The highest BCUT2D eigenvalue weighted by atomic mass is 16.5. The van der Waals surface area contributed by atoms with Crippen LogP contribution in [-0.4, -0.2) is 43.8 Å². The Morgan fingerprint density at radius 2 is 1.74 bits per heavy atom. The molecule has 1 amide bonds. The van der Waals surface area contributed by atoms with Crippen LogP contribution in [0.3, 0.4) is 0 Å². The molecule has 23 heavy (non-hydrogen) atoms. The molecule has 0 spiro atoms. The number of ether oxygens (including phenoxy) is 3. The van der Waals surface area contributed by atoms with Gasteiger partial charge in [-0.3, -0.25) is 4.79 Å². The van der Waals surface area contributed by atoms with Gasteiger partial charge in [0, 0.05) is 12.4 Å². The van der Waals surface area contributed by atoms with Gasteiger partial charge in [0.15, 0.2) is 0 Å². The molecule has 7 heteroatoms. The van der Waals surface area contributed by atoms with E-state index in [-0.39, 0.29) is 5.91 Å². The molecule has 0 saturated carbocycles. The number of hydrogen-bond acceptors (Lipinski definition) is 5. The van der Waals surface area contributed by atoms with E-state index in [1.807, 2.05) is 0 Å². The van der Waals surface area contributed by atoms with E-state index in [9.17, 15) is 9.59 Å². The van der Waals surface area contributed by atoms with E-state index >= 15 is 0 Å². The lowest BCUT2D eigenvalue weighted by atomic mass is 10.2. The molecule has 0 fully saturated rings. The Kier molecular flexibility index (Phi) is 4.78. The van der Waals surface area contributed by atoms with Gasteiger partial charge in [-0.25, -0.2) is 4.79 Å². The van der Waals surface area contributed by atoms with Crippen LogP contribution in [0.1, 0.15) is 17.4 Å². The Morgan fingerprint density at radius 3 is 2.30 bits per heavy atom. The van der Waals surface area contributed by atoms with Gasteiger partial charge >= 0.3 is 5.97 Å². The third kappa shape index (κ3) is 2.94. The van der Waals surface area contributed by atoms with Crippen LogP contribution < -0.4 is 14.8 Å². The summed E-state index contributed by atoms with van der Waals surface area (Å²) in [5, 5.41) is 3.36. The van der Waals surface area contributed by atoms with E-state index < -0.39 is 12.0 Å². The molecule has 1 aromatic heterocycles. The number of aryl methyl sites for hydroxylation is 1. The van der Waals surface area contributed by atoms with Crippen LogP contribution >= 0.6 is 0 Å². The van der Waals surface area contributed by atoms with Crippen molar-refractivity contribution in [3.63, 3.8) is 0 Å². The molecule has 0 radical (unpaired) electrons.